The van der Waals surface area contributed by atoms with Crippen LogP contribution in [0, 0.1) is 6.92 Å². The van der Waals surface area contributed by atoms with Gasteiger partial charge in [0.1, 0.15) is 5.69 Å². The fraction of sp³-hybridized carbons (Fsp3) is 0.143. The van der Waals surface area contributed by atoms with Gasteiger partial charge in [0, 0.05) is 6.21 Å². The molecule has 4 N–H and O–H groups in total. The van der Waals surface area contributed by atoms with Gasteiger partial charge in [-0.1, -0.05) is 17.8 Å². The Kier molecular flexibility index (Phi) is 6.22. The lowest BCUT2D eigenvalue weighted by Gasteiger charge is -2.08. The summed E-state index contributed by atoms with van der Waals surface area (Å²) in [4.78, 5) is 23.3. The second kappa shape index (κ2) is 7.90. The lowest BCUT2D eigenvalue weighted by Crippen LogP contribution is -2.22. The predicted molar refractivity (Wildman–Crippen MR) is 82.0 cm³/mol. The maximum absolute atomic E-state index is 12.5. The number of carbonyl (C=O) groups excluding carboxylic acids is 1. The van der Waals surface area contributed by atoms with E-state index < -0.39 is 17.8 Å². The lowest BCUT2D eigenvalue weighted by atomic mass is 10.2. The summed E-state index contributed by atoms with van der Waals surface area (Å²) in [6.07, 6.45) is -0.721. The molecule has 1 aromatic heterocycles. The number of rotatable bonds is 5. The van der Waals surface area contributed by atoms with Crippen molar-refractivity contribution in [1.29, 1.82) is 0 Å². The van der Waals surface area contributed by atoms with E-state index in [4.69, 9.17) is 11.5 Å². The third-order valence-corrected chi connectivity index (χ3v) is 2.52. The number of halogens is 3. The first-order chi connectivity index (χ1) is 11.2. The Morgan fingerprint density at radius 2 is 2.04 bits per heavy atom. The van der Waals surface area contributed by atoms with Gasteiger partial charge in [0.2, 0.25) is 0 Å². The molecule has 0 saturated carbocycles. The van der Waals surface area contributed by atoms with Crippen LogP contribution in [0.1, 0.15) is 21.7 Å². The zero-order valence-electron chi connectivity index (χ0n) is 12.5. The summed E-state index contributed by atoms with van der Waals surface area (Å²) in [6.45, 7) is 4.63. The normalized spacial score (nSPS) is 13.2. The minimum absolute atomic E-state index is 0.0804. The minimum Gasteiger partial charge on any atom is -0.394 e. The summed E-state index contributed by atoms with van der Waals surface area (Å²) >= 11 is 0. The van der Waals surface area contributed by atoms with Crippen molar-refractivity contribution in [3.8, 4) is 0 Å². The van der Waals surface area contributed by atoms with E-state index in [9.17, 15) is 18.0 Å². The van der Waals surface area contributed by atoms with Crippen LogP contribution in [0.4, 0.5) is 13.2 Å². The van der Waals surface area contributed by atoms with Crippen LogP contribution in [0.2, 0.25) is 0 Å². The van der Waals surface area contributed by atoms with Crippen LogP contribution >= 0.6 is 0 Å². The number of alkyl halides is 3. The van der Waals surface area contributed by atoms with Gasteiger partial charge < -0.3 is 16.3 Å². The molecule has 0 fully saturated rings. The molecular formula is C14H14F3N5O2. The van der Waals surface area contributed by atoms with E-state index in [1.54, 1.807) is 0 Å². The average Bonchev–Trinajstić information content (AvgIpc) is 2.51. The van der Waals surface area contributed by atoms with E-state index in [0.29, 0.717) is 6.07 Å². The van der Waals surface area contributed by atoms with E-state index >= 15 is 0 Å². The third-order valence-electron chi connectivity index (χ3n) is 2.52. The molecule has 7 nitrogen and oxygen atoms in total. The first-order valence-corrected chi connectivity index (χ1v) is 6.36. The molecule has 0 aliphatic carbocycles. The van der Waals surface area contributed by atoms with Gasteiger partial charge in [0.25, 0.3) is 0 Å². The lowest BCUT2D eigenvalue weighted by molar-refractivity contribution is -0.141. The second-order valence-corrected chi connectivity index (χ2v) is 4.30. The molecule has 0 saturated heterocycles. The highest BCUT2D eigenvalue weighted by Crippen LogP contribution is 2.28. The molecule has 24 heavy (non-hydrogen) atoms. The van der Waals surface area contributed by atoms with Gasteiger partial charge in [-0.2, -0.15) is 13.2 Å². The van der Waals surface area contributed by atoms with Crippen LogP contribution < -0.4 is 11.5 Å². The van der Waals surface area contributed by atoms with Gasteiger partial charge in [0.15, 0.2) is 5.84 Å². The Bertz CT molecular complexity index is 724. The van der Waals surface area contributed by atoms with Crippen LogP contribution in [0.5, 0.6) is 0 Å². The Labute approximate surface area is 135 Å². The third kappa shape index (κ3) is 5.23. The second-order valence-electron chi connectivity index (χ2n) is 4.30. The number of carbonyl (C=O) groups is 1. The summed E-state index contributed by atoms with van der Waals surface area (Å²) in [5, 5.41) is 3.29. The molecule has 0 aliphatic heterocycles. The number of nitrogens with two attached hydrogens (primary N) is 2. The first kappa shape index (κ1) is 18.9. The monoisotopic (exact) mass is 341 g/mol. The maximum Gasteiger partial charge on any atom is 0.433 e. The van der Waals surface area contributed by atoms with Crippen molar-refractivity contribution in [1.82, 2.24) is 4.98 Å². The number of aliphatic imine (C=N–C) groups is 1. The molecule has 0 radical (unpaired) electrons. The summed E-state index contributed by atoms with van der Waals surface area (Å²) in [6, 6.07) is 1.60. The van der Waals surface area contributed by atoms with E-state index in [2.05, 4.69) is 26.5 Å². The number of hydrogen-bond donors (Lipinski definition) is 2. The maximum atomic E-state index is 12.5. The molecule has 0 aliphatic rings. The number of nitrogens with zero attached hydrogens (tertiary/aromatic N) is 3. The number of hydrogen-bond acceptors (Lipinski definition) is 6. The molecule has 0 atom stereocenters. The van der Waals surface area contributed by atoms with Crippen molar-refractivity contribution >= 4 is 18.0 Å². The summed E-state index contributed by atoms with van der Waals surface area (Å²) in [5.74, 6) is -1.36. The van der Waals surface area contributed by atoms with Gasteiger partial charge in [0.05, 0.1) is 23.2 Å². The van der Waals surface area contributed by atoms with Gasteiger partial charge >= 0.3 is 12.1 Å². The van der Waals surface area contributed by atoms with Gasteiger partial charge in [-0.05, 0) is 19.1 Å². The number of aryl methyl sites for hydroxylation is 1. The molecule has 1 aromatic rings. The SMILES string of the molecule is C=C\C=N/C=C(N)/C(N)=N/OC(=O)c1ccc(C(F)(F)F)nc1C. The fourth-order valence-electron chi connectivity index (χ4n) is 1.38. The van der Waals surface area contributed by atoms with Crippen LogP contribution in [-0.2, 0) is 11.0 Å². The quantitative estimate of drug-likeness (QED) is 0.367. The molecule has 10 heteroatoms. The predicted octanol–water partition coefficient (Wildman–Crippen LogP) is 1.89. The number of oxime groups is 1. The van der Waals surface area contributed by atoms with Gasteiger partial charge in [-0.25, -0.2) is 9.78 Å². The zero-order valence-corrected chi connectivity index (χ0v) is 12.5. The largest absolute Gasteiger partial charge is 0.433 e. The van der Waals surface area contributed by atoms with Crippen molar-refractivity contribution < 1.29 is 22.8 Å². The average molecular weight is 341 g/mol. The summed E-state index contributed by atoms with van der Waals surface area (Å²) in [7, 11) is 0. The number of pyridine rings is 1. The van der Waals surface area contributed by atoms with Crippen LogP contribution in [-0.4, -0.2) is 23.0 Å². The van der Waals surface area contributed by atoms with Crippen molar-refractivity contribution in [3.63, 3.8) is 0 Å². The summed E-state index contributed by atoms with van der Waals surface area (Å²) < 4.78 is 37.5. The molecule has 128 valence electrons. The molecule has 0 amide bonds. The Morgan fingerprint density at radius 3 is 2.58 bits per heavy atom. The zero-order chi connectivity index (χ0) is 18.3. The molecule has 0 bridgehead atoms. The molecular weight excluding hydrogens is 327 g/mol. The minimum atomic E-state index is -4.61. The molecule has 1 heterocycles. The molecule has 0 unspecified atom stereocenters. The summed E-state index contributed by atoms with van der Waals surface area (Å²) in [5.41, 5.74) is 9.42. The number of allylic oxidation sites excluding steroid dienone is 1. The van der Waals surface area contributed by atoms with E-state index in [1.807, 2.05) is 0 Å². The molecule has 0 spiro atoms. The Hall–Kier alpha value is -3.17. The van der Waals surface area contributed by atoms with E-state index in [-0.39, 0.29) is 22.8 Å². The standard InChI is InChI=1S/C14H14F3N5O2/c1-3-6-20-7-10(18)12(19)22-24-13(23)9-4-5-11(14(15,16)17)21-8(9)2/h3-7H,1,18H2,2H3,(H2,19,22)/b10-7-,20-6-. The van der Waals surface area contributed by atoms with Crippen molar-refractivity contribution in [3.05, 3.63) is 53.6 Å². The van der Waals surface area contributed by atoms with Crippen molar-refractivity contribution in [2.24, 2.45) is 21.6 Å². The van der Waals surface area contributed by atoms with Crippen LogP contribution in [0.25, 0.3) is 0 Å². The molecule has 0 aromatic carbocycles. The van der Waals surface area contributed by atoms with E-state index in [0.717, 1.165) is 12.3 Å². The fourth-order valence-corrected chi connectivity index (χ4v) is 1.38. The highest BCUT2D eigenvalue weighted by molar-refractivity contribution is 5.97. The van der Waals surface area contributed by atoms with Crippen molar-refractivity contribution in [2.45, 2.75) is 13.1 Å². The Morgan fingerprint density at radius 1 is 1.38 bits per heavy atom. The van der Waals surface area contributed by atoms with Crippen molar-refractivity contribution in [2.75, 3.05) is 0 Å². The van der Waals surface area contributed by atoms with Crippen LogP contribution in [0.3, 0.4) is 0 Å². The molecule has 1 rings (SSSR count). The van der Waals surface area contributed by atoms with E-state index in [1.165, 1.54) is 19.2 Å². The van der Waals surface area contributed by atoms with Gasteiger partial charge in [-0.3, -0.25) is 4.99 Å². The van der Waals surface area contributed by atoms with Gasteiger partial charge in [-0.15, -0.1) is 0 Å². The topological polar surface area (TPSA) is 116 Å². The number of aromatic nitrogens is 1. The Balaban J connectivity index is 2.89. The smallest absolute Gasteiger partial charge is 0.394 e. The number of amidine groups is 1. The highest BCUT2D eigenvalue weighted by atomic mass is 19.4. The van der Waals surface area contributed by atoms with Crippen LogP contribution in [0.15, 0.2) is 46.8 Å². The highest BCUT2D eigenvalue weighted by Gasteiger charge is 2.33. The first-order valence-electron chi connectivity index (χ1n) is 6.36.